The molecule has 0 aliphatic carbocycles. The first-order valence-electron chi connectivity index (χ1n) is 14.6. The van der Waals surface area contributed by atoms with Crippen LogP contribution in [0.3, 0.4) is 0 Å². The van der Waals surface area contributed by atoms with Crippen LogP contribution in [-0.2, 0) is 16.4 Å². The Bertz CT molecular complexity index is 2020. The number of nitriles is 1. The molecular formula is C32H32N8O3S2. The maximum atomic E-state index is 13.6. The Labute approximate surface area is 265 Å². The van der Waals surface area contributed by atoms with Crippen molar-refractivity contribution in [3.63, 3.8) is 0 Å². The first kappa shape index (κ1) is 30.4. The molecule has 1 aliphatic heterocycles. The number of aromatic nitrogens is 4. The van der Waals surface area contributed by atoms with Gasteiger partial charge in [0.15, 0.2) is 0 Å². The van der Waals surface area contributed by atoms with E-state index in [0.717, 1.165) is 61.2 Å². The van der Waals surface area contributed by atoms with Crippen molar-refractivity contribution in [1.29, 1.82) is 5.26 Å². The van der Waals surface area contributed by atoms with Crippen molar-refractivity contribution < 1.29 is 13.2 Å². The highest BCUT2D eigenvalue weighted by atomic mass is 32.2. The maximum Gasteiger partial charge on any atom is 0.268 e. The summed E-state index contributed by atoms with van der Waals surface area (Å²) in [5.41, 5.74) is 9.74. The normalized spacial score (nSPS) is 14.1. The molecule has 0 unspecified atom stereocenters. The van der Waals surface area contributed by atoms with Gasteiger partial charge in [0.25, 0.3) is 15.9 Å². The second-order valence-corrected chi connectivity index (χ2v) is 13.9. The molecular weight excluding hydrogens is 609 g/mol. The van der Waals surface area contributed by atoms with Crippen LogP contribution in [-0.4, -0.2) is 70.9 Å². The molecule has 45 heavy (non-hydrogen) atoms. The fourth-order valence-corrected chi connectivity index (χ4v) is 7.85. The third-order valence-electron chi connectivity index (χ3n) is 8.04. The number of hydrogen-bond acceptors (Lipinski definition) is 10. The molecule has 0 spiro atoms. The molecule has 1 fully saturated rings. The molecule has 4 heterocycles. The van der Waals surface area contributed by atoms with E-state index in [0.29, 0.717) is 39.0 Å². The topological polar surface area (TPSA) is 151 Å². The Hall–Kier alpha value is -4.64. The number of thiazole rings is 1. The van der Waals surface area contributed by atoms with Crippen LogP contribution in [0.5, 0.6) is 0 Å². The molecule has 1 aliphatic rings. The standard InChI is InChI=1S/C32H32N8O3S2/c1-21-5-8-26(9-6-21)45(42,43)40-20-24(27-16-23(17-33)7-10-28(27)40)4-3-11-38-12-14-39(15-13-38)32-35-18-25(19-36-32)31-37-22(2)29(44-31)30(34)41/h5-10,16,18-20H,3-4,11-15H2,1-2H3,(H2,34,41). The number of piperazine rings is 1. The summed E-state index contributed by atoms with van der Waals surface area (Å²) < 4.78 is 28.5. The zero-order valence-corrected chi connectivity index (χ0v) is 26.6. The van der Waals surface area contributed by atoms with Gasteiger partial charge in [-0.1, -0.05) is 17.7 Å². The summed E-state index contributed by atoms with van der Waals surface area (Å²) in [6.07, 6.45) is 6.68. The summed E-state index contributed by atoms with van der Waals surface area (Å²) in [4.78, 5) is 30.3. The Morgan fingerprint density at radius 2 is 1.76 bits per heavy atom. The number of benzene rings is 2. The van der Waals surface area contributed by atoms with Crippen molar-refractivity contribution in [3.8, 4) is 16.6 Å². The average molecular weight is 641 g/mol. The van der Waals surface area contributed by atoms with Crippen molar-refractivity contribution in [2.75, 3.05) is 37.6 Å². The summed E-state index contributed by atoms with van der Waals surface area (Å²) in [5, 5.41) is 10.9. The van der Waals surface area contributed by atoms with Crippen LogP contribution >= 0.6 is 11.3 Å². The van der Waals surface area contributed by atoms with Gasteiger partial charge in [-0.05, 0) is 69.1 Å². The van der Waals surface area contributed by atoms with Gasteiger partial charge in [0.2, 0.25) is 5.95 Å². The van der Waals surface area contributed by atoms with E-state index in [1.807, 2.05) is 6.92 Å². The van der Waals surface area contributed by atoms with Crippen LogP contribution in [0, 0.1) is 25.2 Å². The Morgan fingerprint density at radius 3 is 2.40 bits per heavy atom. The lowest BCUT2D eigenvalue weighted by Gasteiger charge is -2.34. The molecule has 230 valence electrons. The minimum atomic E-state index is -3.80. The van der Waals surface area contributed by atoms with Crippen LogP contribution < -0.4 is 10.6 Å². The number of hydrogen-bond donors (Lipinski definition) is 1. The van der Waals surface area contributed by atoms with Gasteiger partial charge in [-0.2, -0.15) is 5.26 Å². The molecule has 0 atom stereocenters. The molecule has 2 aromatic carbocycles. The lowest BCUT2D eigenvalue weighted by Crippen LogP contribution is -2.47. The van der Waals surface area contributed by atoms with E-state index in [2.05, 4.69) is 30.8 Å². The lowest BCUT2D eigenvalue weighted by atomic mass is 10.1. The van der Waals surface area contributed by atoms with E-state index < -0.39 is 15.9 Å². The molecule has 0 bridgehead atoms. The molecule has 0 saturated carbocycles. The Balaban J connectivity index is 1.09. The molecule has 3 aromatic heterocycles. The quantitative estimate of drug-likeness (QED) is 0.251. The van der Waals surface area contributed by atoms with Crippen molar-refractivity contribution in [3.05, 3.63) is 88.3 Å². The fraction of sp³-hybridized carbons (Fsp3) is 0.281. The number of nitrogens with zero attached hydrogens (tertiary/aromatic N) is 7. The Kier molecular flexibility index (Phi) is 8.37. The average Bonchev–Trinajstić information content (AvgIpc) is 3.62. The lowest BCUT2D eigenvalue weighted by molar-refractivity contribution is 0.100. The van der Waals surface area contributed by atoms with Crippen molar-refractivity contribution in [1.82, 2.24) is 23.8 Å². The summed E-state index contributed by atoms with van der Waals surface area (Å²) in [6.45, 7) is 7.79. The first-order chi connectivity index (χ1) is 21.6. The van der Waals surface area contributed by atoms with Crippen molar-refractivity contribution in [2.24, 2.45) is 5.73 Å². The summed E-state index contributed by atoms with van der Waals surface area (Å²) in [6, 6.07) is 14.2. The van der Waals surface area contributed by atoms with Gasteiger partial charge in [-0.25, -0.2) is 27.3 Å². The predicted molar refractivity (Wildman–Crippen MR) is 174 cm³/mol. The minimum Gasteiger partial charge on any atom is -0.365 e. The van der Waals surface area contributed by atoms with Crippen LogP contribution in [0.1, 0.15) is 38.5 Å². The second-order valence-electron chi connectivity index (χ2n) is 11.1. The van der Waals surface area contributed by atoms with Gasteiger partial charge < -0.3 is 10.6 Å². The molecule has 5 aromatic rings. The van der Waals surface area contributed by atoms with Crippen molar-refractivity contribution >= 4 is 44.1 Å². The smallest absolute Gasteiger partial charge is 0.268 e. The highest BCUT2D eigenvalue weighted by Gasteiger charge is 2.23. The third-order valence-corrected chi connectivity index (χ3v) is 11.0. The largest absolute Gasteiger partial charge is 0.365 e. The number of carbonyl (C=O) groups is 1. The van der Waals surface area contributed by atoms with Gasteiger partial charge in [0.1, 0.15) is 9.88 Å². The minimum absolute atomic E-state index is 0.230. The van der Waals surface area contributed by atoms with E-state index in [4.69, 9.17) is 5.73 Å². The monoisotopic (exact) mass is 640 g/mol. The third kappa shape index (κ3) is 6.17. The number of aryl methyl sites for hydroxylation is 3. The maximum absolute atomic E-state index is 13.6. The summed E-state index contributed by atoms with van der Waals surface area (Å²) in [5.74, 6) is 0.162. The number of amides is 1. The zero-order chi connectivity index (χ0) is 31.7. The van der Waals surface area contributed by atoms with E-state index in [1.165, 1.54) is 15.3 Å². The number of primary amides is 1. The van der Waals surface area contributed by atoms with Gasteiger partial charge in [-0.15, -0.1) is 11.3 Å². The first-order valence-corrected chi connectivity index (χ1v) is 16.8. The van der Waals surface area contributed by atoms with Gasteiger partial charge in [-0.3, -0.25) is 9.69 Å². The van der Waals surface area contributed by atoms with Gasteiger partial charge in [0, 0.05) is 55.7 Å². The molecule has 13 heteroatoms. The van der Waals surface area contributed by atoms with Gasteiger partial charge >= 0.3 is 0 Å². The molecule has 11 nitrogen and oxygen atoms in total. The highest BCUT2D eigenvalue weighted by molar-refractivity contribution is 7.90. The number of rotatable bonds is 9. The zero-order valence-electron chi connectivity index (χ0n) is 25.0. The molecule has 2 N–H and O–H groups in total. The number of nitrogens with two attached hydrogens (primary N) is 1. The predicted octanol–water partition coefficient (Wildman–Crippen LogP) is 4.13. The second kappa shape index (κ2) is 12.4. The van der Waals surface area contributed by atoms with Crippen LogP contribution in [0.15, 0.2) is 66.0 Å². The van der Waals surface area contributed by atoms with Gasteiger partial charge in [0.05, 0.1) is 27.7 Å². The molecule has 0 radical (unpaired) electrons. The van der Waals surface area contributed by atoms with Crippen molar-refractivity contribution in [2.45, 2.75) is 31.6 Å². The van der Waals surface area contributed by atoms with Crippen LogP contribution in [0.2, 0.25) is 0 Å². The SMILES string of the molecule is Cc1ccc(S(=O)(=O)n2cc(CCCN3CCN(c4ncc(-c5nc(C)c(C(N)=O)s5)cn4)CC3)c3cc(C#N)ccc32)cc1. The molecule has 6 rings (SSSR count). The van der Waals surface area contributed by atoms with Crippen LogP contribution in [0.4, 0.5) is 5.95 Å². The fourth-order valence-electron chi connectivity index (χ4n) is 5.57. The molecule has 1 amide bonds. The van der Waals surface area contributed by atoms with Crippen LogP contribution in [0.25, 0.3) is 21.5 Å². The Morgan fingerprint density at radius 1 is 1.04 bits per heavy atom. The van der Waals surface area contributed by atoms with E-state index in [1.54, 1.807) is 68.0 Å². The molecule has 1 saturated heterocycles. The van der Waals surface area contributed by atoms with E-state index >= 15 is 0 Å². The number of carbonyl (C=O) groups excluding carboxylic acids is 1. The summed E-state index contributed by atoms with van der Waals surface area (Å²) in [7, 11) is -3.80. The number of fused-ring (bicyclic) bond motifs is 1. The van der Waals surface area contributed by atoms with E-state index in [9.17, 15) is 18.5 Å². The number of anilines is 1. The summed E-state index contributed by atoms with van der Waals surface area (Å²) >= 11 is 1.24. The van der Waals surface area contributed by atoms with E-state index in [-0.39, 0.29) is 4.90 Å². The highest BCUT2D eigenvalue weighted by Crippen LogP contribution is 2.29.